The highest BCUT2D eigenvalue weighted by molar-refractivity contribution is 5.82. The van der Waals surface area contributed by atoms with Crippen molar-refractivity contribution < 1.29 is 9.28 Å². The minimum absolute atomic E-state index is 0.153. The van der Waals surface area contributed by atoms with Crippen LogP contribution in [0.15, 0.2) is 36.4 Å². The van der Waals surface area contributed by atoms with Gasteiger partial charge in [-0.05, 0) is 62.2 Å². The molecule has 0 aromatic heterocycles. The van der Waals surface area contributed by atoms with Gasteiger partial charge in [-0.25, -0.2) is 4.79 Å². The van der Waals surface area contributed by atoms with Crippen LogP contribution in [0.4, 0.5) is 0 Å². The third-order valence-corrected chi connectivity index (χ3v) is 9.92. The second-order valence-electron chi connectivity index (χ2n) is 11.5. The van der Waals surface area contributed by atoms with Gasteiger partial charge < -0.3 is 0 Å². The molecular weight excluding hydrogens is 354 g/mol. The van der Waals surface area contributed by atoms with Crippen LogP contribution >= 0.6 is 0 Å². The first-order valence-electron chi connectivity index (χ1n) is 11.9. The van der Waals surface area contributed by atoms with Gasteiger partial charge in [-0.15, -0.1) is 0 Å². The zero-order valence-corrected chi connectivity index (χ0v) is 18.8. The lowest BCUT2D eigenvalue weighted by atomic mass is 9.48. The number of benzene rings is 1. The number of rotatable bonds is 2. The fraction of sp³-hybridized carbons (Fsp3) is 0.667. The Kier molecular flexibility index (Phi) is 4.41. The molecule has 1 amide bonds. The van der Waals surface area contributed by atoms with E-state index in [0.29, 0.717) is 21.8 Å². The molecule has 156 valence electrons. The monoisotopic (exact) mass is 392 g/mol. The minimum Gasteiger partial charge on any atom is -0.252 e. The molecule has 2 heteroatoms. The topological polar surface area (TPSA) is 17.1 Å². The van der Waals surface area contributed by atoms with Crippen LogP contribution in [0.2, 0.25) is 0 Å². The number of carbonyl (C=O) groups is 1. The predicted molar refractivity (Wildman–Crippen MR) is 118 cm³/mol. The number of nitrogens with zero attached hydrogens (tertiary/aromatic N) is 1. The molecule has 1 aromatic rings. The number of fused-ring (bicyclic) bond motifs is 5. The Labute approximate surface area is 177 Å². The smallest absolute Gasteiger partial charge is 0.252 e. The van der Waals surface area contributed by atoms with Crippen LogP contribution < -0.4 is 0 Å². The Balaban J connectivity index is 1.49. The van der Waals surface area contributed by atoms with E-state index in [1.165, 1.54) is 56.1 Å². The maximum Gasteiger partial charge on any atom is 0.338 e. The zero-order chi connectivity index (χ0) is 20.4. The highest BCUT2D eigenvalue weighted by atomic mass is 16.2. The van der Waals surface area contributed by atoms with Gasteiger partial charge in [0.2, 0.25) is 0 Å². The van der Waals surface area contributed by atoms with Crippen LogP contribution in [0.3, 0.4) is 0 Å². The standard InChI is InChI=1S/C27H38NO/c1-19-7-9-20(10-8-19)18-28(4)24-12-11-21-22-6-5-15-26(22,2)16-13-23(21)27(24,3)17-14-25(28)29/h7-10,14,17,21-24H,5-6,11-13,15-16,18H2,1-4H3/q+1/t21-,22-,23-,24+,26-,27+,28?/m0/s1. The maximum absolute atomic E-state index is 13.3. The fourth-order valence-electron chi connectivity index (χ4n) is 8.33. The number of hydrogen-bond acceptors (Lipinski definition) is 1. The summed E-state index contributed by atoms with van der Waals surface area (Å²) in [5, 5.41) is 0. The van der Waals surface area contributed by atoms with Crippen molar-refractivity contribution >= 4 is 5.91 Å². The SMILES string of the molecule is Cc1ccc(C[N+]2(C)C(=O)C=C[C@@]3(C)[C@H]2CC[C@H]2[C@@H]4CCC[C@@]4(C)CC[C@@H]23)cc1. The Bertz CT molecular complexity index is 841. The molecule has 3 saturated carbocycles. The Morgan fingerprint density at radius 1 is 1.00 bits per heavy atom. The summed E-state index contributed by atoms with van der Waals surface area (Å²) in [6.45, 7) is 8.03. The summed E-state index contributed by atoms with van der Waals surface area (Å²) in [4.78, 5) is 13.3. The Morgan fingerprint density at radius 2 is 1.76 bits per heavy atom. The van der Waals surface area contributed by atoms with Crippen molar-refractivity contribution in [2.45, 2.75) is 78.3 Å². The van der Waals surface area contributed by atoms with Crippen molar-refractivity contribution in [1.82, 2.24) is 0 Å². The summed E-state index contributed by atoms with van der Waals surface area (Å²) >= 11 is 0. The fourth-order valence-corrected chi connectivity index (χ4v) is 8.33. The van der Waals surface area contributed by atoms with Gasteiger partial charge in [-0.1, -0.05) is 56.2 Å². The lowest BCUT2D eigenvalue weighted by Gasteiger charge is -2.60. The number of hydrogen-bond donors (Lipinski definition) is 0. The summed E-state index contributed by atoms with van der Waals surface area (Å²) in [6, 6.07) is 9.22. The minimum atomic E-state index is 0.153. The number of likely N-dealkylation sites (N-methyl/N-ethyl adjacent to an activating group) is 1. The van der Waals surface area contributed by atoms with Crippen molar-refractivity contribution in [3.05, 3.63) is 47.5 Å². The second-order valence-corrected chi connectivity index (χ2v) is 11.5. The van der Waals surface area contributed by atoms with E-state index < -0.39 is 0 Å². The summed E-state index contributed by atoms with van der Waals surface area (Å²) in [6.07, 6.45) is 13.9. The normalized spacial score (nSPS) is 46.1. The molecule has 1 unspecified atom stereocenters. The molecule has 0 saturated heterocycles. The van der Waals surface area contributed by atoms with Crippen LogP contribution in [0.25, 0.3) is 0 Å². The van der Waals surface area contributed by atoms with Crippen molar-refractivity contribution in [2.24, 2.45) is 28.6 Å². The lowest BCUT2D eigenvalue weighted by Crippen LogP contribution is -2.67. The molecule has 0 bridgehead atoms. The van der Waals surface area contributed by atoms with Crippen LogP contribution in [0.5, 0.6) is 0 Å². The van der Waals surface area contributed by atoms with Gasteiger partial charge in [0.1, 0.15) is 12.6 Å². The molecule has 4 aliphatic rings. The van der Waals surface area contributed by atoms with E-state index in [4.69, 9.17) is 0 Å². The van der Waals surface area contributed by atoms with Crippen molar-refractivity contribution in [3.63, 3.8) is 0 Å². The molecule has 0 N–H and O–H groups in total. The first-order chi connectivity index (χ1) is 13.8. The highest BCUT2D eigenvalue weighted by Gasteiger charge is 2.62. The molecular formula is C27H38NO+. The quantitative estimate of drug-likeness (QED) is 0.561. The molecule has 1 aliphatic heterocycles. The molecule has 3 fully saturated rings. The van der Waals surface area contributed by atoms with Gasteiger partial charge in [-0.2, -0.15) is 0 Å². The van der Waals surface area contributed by atoms with Crippen LogP contribution in [0.1, 0.15) is 69.9 Å². The summed E-state index contributed by atoms with van der Waals surface area (Å²) < 4.78 is 0.557. The second kappa shape index (κ2) is 6.54. The van der Waals surface area contributed by atoms with Crippen LogP contribution in [0, 0.1) is 35.5 Å². The molecule has 1 heterocycles. The van der Waals surface area contributed by atoms with Crippen molar-refractivity contribution in [2.75, 3.05) is 7.05 Å². The van der Waals surface area contributed by atoms with E-state index in [9.17, 15) is 4.79 Å². The number of amides is 1. The third kappa shape index (κ3) is 2.81. The Morgan fingerprint density at radius 3 is 2.52 bits per heavy atom. The van der Waals surface area contributed by atoms with E-state index in [2.05, 4.69) is 58.2 Å². The van der Waals surface area contributed by atoms with Crippen LogP contribution in [-0.2, 0) is 11.3 Å². The molecule has 5 rings (SSSR count). The summed E-state index contributed by atoms with van der Waals surface area (Å²) in [5.41, 5.74) is 3.32. The molecule has 1 aromatic carbocycles. The average molecular weight is 393 g/mol. The summed E-state index contributed by atoms with van der Waals surface area (Å²) in [5.74, 6) is 2.83. The number of aryl methyl sites for hydroxylation is 1. The molecule has 7 atom stereocenters. The Hall–Kier alpha value is -1.41. The largest absolute Gasteiger partial charge is 0.338 e. The van der Waals surface area contributed by atoms with E-state index in [0.717, 1.165) is 24.3 Å². The van der Waals surface area contributed by atoms with E-state index in [1.807, 2.05) is 6.08 Å². The third-order valence-electron chi connectivity index (χ3n) is 9.92. The molecule has 0 spiro atoms. The van der Waals surface area contributed by atoms with E-state index >= 15 is 0 Å². The molecule has 29 heavy (non-hydrogen) atoms. The maximum atomic E-state index is 13.3. The predicted octanol–water partition coefficient (Wildman–Crippen LogP) is 6.04. The van der Waals surface area contributed by atoms with Gasteiger partial charge in [0.05, 0.1) is 7.05 Å². The van der Waals surface area contributed by atoms with Crippen molar-refractivity contribution in [1.29, 1.82) is 0 Å². The molecule has 2 nitrogen and oxygen atoms in total. The highest BCUT2D eigenvalue weighted by Crippen LogP contribution is 2.64. The summed E-state index contributed by atoms with van der Waals surface area (Å²) in [7, 11) is 2.22. The first-order valence-corrected chi connectivity index (χ1v) is 11.9. The van der Waals surface area contributed by atoms with Crippen LogP contribution in [-0.4, -0.2) is 23.5 Å². The van der Waals surface area contributed by atoms with Gasteiger partial charge in [-0.3, -0.25) is 4.48 Å². The average Bonchev–Trinajstić information content (AvgIpc) is 3.09. The van der Waals surface area contributed by atoms with Gasteiger partial charge in [0, 0.05) is 23.5 Å². The van der Waals surface area contributed by atoms with Gasteiger partial charge in [0.15, 0.2) is 0 Å². The number of quaternary nitrogens is 1. The van der Waals surface area contributed by atoms with Crippen molar-refractivity contribution in [3.8, 4) is 0 Å². The molecule has 3 aliphatic carbocycles. The van der Waals surface area contributed by atoms with E-state index in [1.54, 1.807) is 0 Å². The van der Waals surface area contributed by atoms with Gasteiger partial charge >= 0.3 is 5.91 Å². The molecule has 0 radical (unpaired) electrons. The van der Waals surface area contributed by atoms with Gasteiger partial charge in [0.25, 0.3) is 0 Å². The number of carbonyl (C=O) groups excluding carboxylic acids is 1. The van der Waals surface area contributed by atoms with E-state index in [-0.39, 0.29) is 5.41 Å². The first kappa shape index (κ1) is 19.5. The zero-order valence-electron chi connectivity index (χ0n) is 18.8. The lowest BCUT2D eigenvalue weighted by molar-refractivity contribution is -0.882.